The Morgan fingerprint density at radius 3 is 2.87 bits per heavy atom. The molecule has 1 aromatic heterocycles. The van der Waals surface area contributed by atoms with E-state index in [9.17, 15) is 4.79 Å². The molecule has 0 fully saturated rings. The maximum absolute atomic E-state index is 11.8. The van der Waals surface area contributed by atoms with Gasteiger partial charge in [-0.15, -0.1) is 0 Å². The van der Waals surface area contributed by atoms with Gasteiger partial charge in [-0.2, -0.15) is 4.99 Å². The van der Waals surface area contributed by atoms with Gasteiger partial charge in [0, 0.05) is 19.4 Å². The van der Waals surface area contributed by atoms with Crippen LogP contribution < -0.4 is 0 Å². The third kappa shape index (κ3) is 1.65. The summed E-state index contributed by atoms with van der Waals surface area (Å²) in [6.07, 6.45) is 2.96. The van der Waals surface area contributed by atoms with E-state index in [1.165, 1.54) is 24.4 Å². The van der Waals surface area contributed by atoms with Gasteiger partial charge in [0.15, 0.2) is 11.5 Å². The molecule has 0 spiro atoms. The molecule has 1 aromatic rings. The number of fused-ring (bicyclic) bond motifs is 1. The van der Waals surface area contributed by atoms with Crippen LogP contribution in [0.3, 0.4) is 0 Å². The summed E-state index contributed by atoms with van der Waals surface area (Å²) >= 11 is 0. The highest BCUT2D eigenvalue weighted by molar-refractivity contribution is 6.00. The predicted molar refractivity (Wildman–Crippen MR) is 53.1 cm³/mol. The second kappa shape index (κ2) is 3.64. The summed E-state index contributed by atoms with van der Waals surface area (Å²) in [4.78, 5) is 25.3. The van der Waals surface area contributed by atoms with Crippen molar-refractivity contribution in [3.05, 3.63) is 18.1 Å². The third-order valence-corrected chi connectivity index (χ3v) is 2.07. The van der Waals surface area contributed by atoms with Gasteiger partial charge in [0.1, 0.15) is 0 Å². The number of aliphatic imine (C=N–C) groups is 1. The molecular formula is C9H10N4O2. The minimum atomic E-state index is -0.200. The molecule has 0 N–H and O–H groups in total. The lowest BCUT2D eigenvalue weighted by Gasteiger charge is -2.13. The lowest BCUT2D eigenvalue weighted by Crippen LogP contribution is -2.31. The molecule has 2 heterocycles. The quantitative estimate of drug-likeness (QED) is 0.609. The van der Waals surface area contributed by atoms with Crippen molar-refractivity contribution >= 4 is 17.6 Å². The minimum absolute atomic E-state index is 0.200. The van der Waals surface area contributed by atoms with Crippen LogP contribution in [-0.2, 0) is 4.74 Å². The molecule has 0 atom stereocenters. The number of likely N-dealkylation sites (N-methyl/N-ethyl adjacent to an activating group) is 1. The SMILES string of the molecule is COC1=Nc2nccnc2C(=O)N(C)C1. The van der Waals surface area contributed by atoms with E-state index in [0.717, 1.165) is 0 Å². The Labute approximate surface area is 86.6 Å². The smallest absolute Gasteiger partial charge is 0.276 e. The van der Waals surface area contributed by atoms with Gasteiger partial charge in [-0.05, 0) is 0 Å². The van der Waals surface area contributed by atoms with Gasteiger partial charge in [0.05, 0.1) is 13.7 Å². The first-order chi connectivity index (χ1) is 7.22. The van der Waals surface area contributed by atoms with Crippen LogP contribution in [0.1, 0.15) is 10.5 Å². The van der Waals surface area contributed by atoms with E-state index in [0.29, 0.717) is 18.3 Å². The van der Waals surface area contributed by atoms with Crippen molar-refractivity contribution in [3.63, 3.8) is 0 Å². The van der Waals surface area contributed by atoms with Gasteiger partial charge < -0.3 is 9.64 Å². The van der Waals surface area contributed by atoms with Crippen LogP contribution in [0.2, 0.25) is 0 Å². The monoisotopic (exact) mass is 206 g/mol. The fraction of sp³-hybridized carbons (Fsp3) is 0.333. The van der Waals surface area contributed by atoms with Crippen LogP contribution in [0.15, 0.2) is 17.4 Å². The van der Waals surface area contributed by atoms with Gasteiger partial charge >= 0.3 is 0 Å². The summed E-state index contributed by atoms with van der Waals surface area (Å²) in [6, 6.07) is 0. The molecule has 0 saturated heterocycles. The maximum atomic E-state index is 11.8. The van der Waals surface area contributed by atoms with Gasteiger partial charge in [-0.1, -0.05) is 0 Å². The van der Waals surface area contributed by atoms with Crippen LogP contribution >= 0.6 is 0 Å². The summed E-state index contributed by atoms with van der Waals surface area (Å²) in [6.45, 7) is 0.327. The first-order valence-electron chi connectivity index (χ1n) is 4.40. The van der Waals surface area contributed by atoms with Crippen molar-refractivity contribution in [1.82, 2.24) is 14.9 Å². The number of aromatic nitrogens is 2. The average molecular weight is 206 g/mol. The largest absolute Gasteiger partial charge is 0.483 e. The molecule has 1 aliphatic rings. The number of ether oxygens (including phenoxy) is 1. The van der Waals surface area contributed by atoms with E-state index in [4.69, 9.17) is 4.74 Å². The first kappa shape index (κ1) is 9.57. The zero-order chi connectivity index (χ0) is 10.8. The summed E-state index contributed by atoms with van der Waals surface area (Å²) in [7, 11) is 3.18. The Hall–Kier alpha value is -1.98. The first-order valence-corrected chi connectivity index (χ1v) is 4.40. The second-order valence-corrected chi connectivity index (χ2v) is 3.10. The maximum Gasteiger partial charge on any atom is 0.276 e. The lowest BCUT2D eigenvalue weighted by molar-refractivity contribution is 0.0806. The van der Waals surface area contributed by atoms with Gasteiger partial charge in [-0.25, -0.2) is 9.97 Å². The van der Waals surface area contributed by atoms with E-state index >= 15 is 0 Å². The molecule has 0 bridgehead atoms. The highest BCUT2D eigenvalue weighted by atomic mass is 16.5. The van der Waals surface area contributed by atoms with Crippen molar-refractivity contribution in [1.29, 1.82) is 0 Å². The molecule has 6 heteroatoms. The molecule has 1 amide bonds. The summed E-state index contributed by atoms with van der Waals surface area (Å²) in [5, 5.41) is 0. The molecular weight excluding hydrogens is 196 g/mol. The molecule has 15 heavy (non-hydrogen) atoms. The molecule has 1 aliphatic heterocycles. The van der Waals surface area contributed by atoms with E-state index in [1.54, 1.807) is 7.05 Å². The van der Waals surface area contributed by atoms with Crippen molar-refractivity contribution < 1.29 is 9.53 Å². The Kier molecular flexibility index (Phi) is 2.32. The standard InChI is InChI=1S/C9H10N4O2/c1-13-5-6(15-2)12-8-7(9(13)14)10-3-4-11-8/h3-4H,5H2,1-2H3. The minimum Gasteiger partial charge on any atom is -0.483 e. The predicted octanol–water partition coefficient (Wildman–Crippen LogP) is 0.239. The van der Waals surface area contributed by atoms with Crippen LogP contribution in [0.4, 0.5) is 5.82 Å². The van der Waals surface area contributed by atoms with Crippen molar-refractivity contribution in [2.24, 2.45) is 4.99 Å². The number of hydrogen-bond donors (Lipinski definition) is 0. The van der Waals surface area contributed by atoms with Crippen molar-refractivity contribution in [2.75, 3.05) is 20.7 Å². The molecule has 0 saturated carbocycles. The molecule has 78 valence electrons. The summed E-state index contributed by atoms with van der Waals surface area (Å²) < 4.78 is 5.04. The molecule has 6 nitrogen and oxygen atoms in total. The van der Waals surface area contributed by atoms with Crippen LogP contribution in [0.25, 0.3) is 0 Å². The number of carbonyl (C=O) groups is 1. The van der Waals surface area contributed by atoms with Crippen LogP contribution in [0.5, 0.6) is 0 Å². The highest BCUT2D eigenvalue weighted by Crippen LogP contribution is 2.17. The number of carbonyl (C=O) groups excluding carboxylic acids is 1. The summed E-state index contributed by atoms with van der Waals surface area (Å²) in [5.74, 6) is 0.558. The zero-order valence-corrected chi connectivity index (χ0v) is 8.47. The Bertz CT molecular complexity index is 430. The normalized spacial score (nSPS) is 15.5. The number of hydrogen-bond acceptors (Lipinski definition) is 5. The van der Waals surface area contributed by atoms with E-state index < -0.39 is 0 Å². The van der Waals surface area contributed by atoms with Crippen LogP contribution in [-0.4, -0.2) is 47.4 Å². The Balaban J connectivity index is 2.54. The fourth-order valence-electron chi connectivity index (χ4n) is 1.28. The van der Waals surface area contributed by atoms with Gasteiger partial charge in [0.25, 0.3) is 5.91 Å². The molecule has 2 rings (SSSR count). The number of amides is 1. The van der Waals surface area contributed by atoms with E-state index in [1.807, 2.05) is 0 Å². The number of nitrogens with zero attached hydrogens (tertiary/aromatic N) is 4. The molecule has 0 aromatic carbocycles. The van der Waals surface area contributed by atoms with Gasteiger partial charge in [-0.3, -0.25) is 4.79 Å². The van der Waals surface area contributed by atoms with Crippen molar-refractivity contribution in [2.45, 2.75) is 0 Å². The zero-order valence-electron chi connectivity index (χ0n) is 8.47. The van der Waals surface area contributed by atoms with Gasteiger partial charge in [0.2, 0.25) is 5.90 Å². The molecule has 0 unspecified atom stereocenters. The topological polar surface area (TPSA) is 67.7 Å². The Morgan fingerprint density at radius 1 is 1.40 bits per heavy atom. The van der Waals surface area contributed by atoms with E-state index in [-0.39, 0.29) is 11.6 Å². The highest BCUT2D eigenvalue weighted by Gasteiger charge is 2.23. The lowest BCUT2D eigenvalue weighted by atomic mass is 10.3. The third-order valence-electron chi connectivity index (χ3n) is 2.07. The van der Waals surface area contributed by atoms with Crippen LogP contribution in [0, 0.1) is 0 Å². The second-order valence-electron chi connectivity index (χ2n) is 3.10. The number of rotatable bonds is 0. The molecule has 0 aliphatic carbocycles. The number of methoxy groups -OCH3 is 1. The molecule has 0 radical (unpaired) electrons. The van der Waals surface area contributed by atoms with E-state index in [2.05, 4.69) is 15.0 Å². The summed E-state index contributed by atoms with van der Waals surface area (Å²) in [5.41, 5.74) is 0.257. The fourth-order valence-corrected chi connectivity index (χ4v) is 1.28. The average Bonchev–Trinajstić information content (AvgIpc) is 2.38. The Morgan fingerprint density at radius 2 is 2.13 bits per heavy atom. The van der Waals surface area contributed by atoms with Crippen molar-refractivity contribution in [3.8, 4) is 0 Å².